The molecular weight excluding hydrogens is 212 g/mol. The number of benzene rings is 1. The van der Waals surface area contributed by atoms with E-state index < -0.39 is 0 Å². The molecule has 1 aliphatic heterocycles. The molecule has 1 heterocycles. The predicted octanol–water partition coefficient (Wildman–Crippen LogP) is 1.81. The fourth-order valence-corrected chi connectivity index (χ4v) is 2.17. The van der Waals surface area contributed by atoms with Crippen LogP contribution in [0.4, 0.5) is 0 Å². The average molecular weight is 232 g/mol. The van der Waals surface area contributed by atoms with Gasteiger partial charge in [-0.1, -0.05) is 19.1 Å². The van der Waals surface area contributed by atoms with Crippen LogP contribution >= 0.6 is 0 Å². The molecule has 0 spiro atoms. The number of carbonyl (C=O) groups excluding carboxylic acids is 1. The van der Waals surface area contributed by atoms with E-state index in [4.69, 9.17) is 5.73 Å². The van der Waals surface area contributed by atoms with Crippen LogP contribution in [0.2, 0.25) is 0 Å². The van der Waals surface area contributed by atoms with Crippen molar-refractivity contribution in [1.29, 1.82) is 0 Å². The molecule has 3 nitrogen and oxygen atoms in total. The highest BCUT2D eigenvalue weighted by molar-refractivity contribution is 5.94. The number of piperidine rings is 1. The van der Waals surface area contributed by atoms with Crippen molar-refractivity contribution in [2.45, 2.75) is 32.2 Å². The average Bonchev–Trinajstić information content (AvgIpc) is 2.39. The standard InChI is InChI=1S/C14H20N2O/c1-2-11-3-5-12(6-4-11)14(17)16-9-7-13(15)8-10-16/h3-6,13H,2,7-10,15H2,1H3. The van der Waals surface area contributed by atoms with Crippen LogP contribution in [0.1, 0.15) is 35.7 Å². The number of rotatable bonds is 2. The molecule has 17 heavy (non-hydrogen) atoms. The molecule has 0 atom stereocenters. The van der Waals surface area contributed by atoms with E-state index in [1.165, 1.54) is 5.56 Å². The Labute approximate surface area is 103 Å². The van der Waals surface area contributed by atoms with Crippen LogP contribution in [0.3, 0.4) is 0 Å². The molecule has 0 saturated carbocycles. The van der Waals surface area contributed by atoms with Crippen LogP contribution in [0.25, 0.3) is 0 Å². The number of amides is 1. The van der Waals surface area contributed by atoms with Gasteiger partial charge in [-0.2, -0.15) is 0 Å². The van der Waals surface area contributed by atoms with Crippen molar-refractivity contribution in [2.75, 3.05) is 13.1 Å². The second-order valence-corrected chi connectivity index (χ2v) is 4.68. The molecule has 3 heteroatoms. The molecule has 1 aromatic carbocycles. The number of nitrogens with two attached hydrogens (primary N) is 1. The zero-order chi connectivity index (χ0) is 12.3. The molecule has 1 saturated heterocycles. The summed E-state index contributed by atoms with van der Waals surface area (Å²) in [6.45, 7) is 3.69. The normalized spacial score (nSPS) is 17.2. The maximum Gasteiger partial charge on any atom is 0.253 e. The highest BCUT2D eigenvalue weighted by Crippen LogP contribution is 2.13. The Balaban J connectivity index is 2.03. The van der Waals surface area contributed by atoms with Gasteiger partial charge in [0.1, 0.15) is 0 Å². The molecule has 0 radical (unpaired) electrons. The van der Waals surface area contributed by atoms with Crippen molar-refractivity contribution in [3.8, 4) is 0 Å². The number of hydrogen-bond acceptors (Lipinski definition) is 2. The molecule has 92 valence electrons. The molecule has 0 aromatic heterocycles. The van der Waals surface area contributed by atoms with Crippen molar-refractivity contribution in [3.05, 3.63) is 35.4 Å². The highest BCUT2D eigenvalue weighted by atomic mass is 16.2. The Morgan fingerprint density at radius 2 is 1.88 bits per heavy atom. The van der Waals surface area contributed by atoms with Crippen molar-refractivity contribution < 1.29 is 4.79 Å². The maximum absolute atomic E-state index is 12.2. The fourth-order valence-electron chi connectivity index (χ4n) is 2.17. The summed E-state index contributed by atoms with van der Waals surface area (Å²) in [5.74, 6) is 0.138. The van der Waals surface area contributed by atoms with Gasteiger partial charge in [0.15, 0.2) is 0 Å². The maximum atomic E-state index is 12.2. The zero-order valence-corrected chi connectivity index (χ0v) is 10.4. The Hall–Kier alpha value is -1.35. The van der Waals surface area contributed by atoms with Crippen LogP contribution in [-0.2, 0) is 6.42 Å². The van der Waals surface area contributed by atoms with Crippen LogP contribution in [-0.4, -0.2) is 29.9 Å². The molecule has 1 aromatic rings. The predicted molar refractivity (Wildman–Crippen MR) is 68.9 cm³/mol. The third kappa shape index (κ3) is 2.86. The number of carbonyl (C=O) groups is 1. The summed E-state index contributed by atoms with van der Waals surface area (Å²) >= 11 is 0. The molecule has 1 fully saturated rings. The van der Waals surface area contributed by atoms with Gasteiger partial charge in [-0.15, -0.1) is 0 Å². The van der Waals surface area contributed by atoms with Gasteiger partial charge in [-0.3, -0.25) is 4.79 Å². The largest absolute Gasteiger partial charge is 0.339 e. The van der Waals surface area contributed by atoms with Gasteiger partial charge in [0.2, 0.25) is 0 Å². The smallest absolute Gasteiger partial charge is 0.253 e. The summed E-state index contributed by atoms with van der Waals surface area (Å²) in [5, 5.41) is 0. The van der Waals surface area contributed by atoms with E-state index >= 15 is 0 Å². The van der Waals surface area contributed by atoms with Gasteiger partial charge in [-0.05, 0) is 37.0 Å². The Kier molecular flexibility index (Phi) is 3.79. The number of aryl methyl sites for hydroxylation is 1. The summed E-state index contributed by atoms with van der Waals surface area (Å²) < 4.78 is 0. The first-order valence-electron chi connectivity index (χ1n) is 6.34. The summed E-state index contributed by atoms with van der Waals surface area (Å²) in [4.78, 5) is 14.1. The quantitative estimate of drug-likeness (QED) is 0.845. The monoisotopic (exact) mass is 232 g/mol. The second kappa shape index (κ2) is 5.32. The van der Waals surface area contributed by atoms with E-state index in [0.717, 1.165) is 37.9 Å². The minimum atomic E-state index is 0.138. The molecule has 1 aliphatic rings. The highest BCUT2D eigenvalue weighted by Gasteiger charge is 2.21. The Morgan fingerprint density at radius 3 is 2.41 bits per heavy atom. The van der Waals surface area contributed by atoms with Gasteiger partial charge >= 0.3 is 0 Å². The minimum Gasteiger partial charge on any atom is -0.339 e. The van der Waals surface area contributed by atoms with Gasteiger partial charge in [0.05, 0.1) is 0 Å². The third-order valence-corrected chi connectivity index (χ3v) is 3.44. The first kappa shape index (κ1) is 12.1. The van der Waals surface area contributed by atoms with Crippen molar-refractivity contribution in [1.82, 2.24) is 4.90 Å². The minimum absolute atomic E-state index is 0.138. The van der Waals surface area contributed by atoms with Crippen LogP contribution in [0.5, 0.6) is 0 Å². The molecule has 0 unspecified atom stereocenters. The molecule has 2 N–H and O–H groups in total. The van der Waals surface area contributed by atoms with E-state index in [-0.39, 0.29) is 11.9 Å². The summed E-state index contributed by atoms with van der Waals surface area (Å²) in [7, 11) is 0. The van der Waals surface area contributed by atoms with E-state index in [0.29, 0.717) is 0 Å². The fraction of sp³-hybridized carbons (Fsp3) is 0.500. The zero-order valence-electron chi connectivity index (χ0n) is 10.4. The van der Waals surface area contributed by atoms with Crippen LogP contribution in [0, 0.1) is 0 Å². The number of likely N-dealkylation sites (tertiary alicyclic amines) is 1. The van der Waals surface area contributed by atoms with E-state index in [9.17, 15) is 4.79 Å². The Morgan fingerprint density at radius 1 is 1.29 bits per heavy atom. The lowest BCUT2D eigenvalue weighted by molar-refractivity contribution is 0.0715. The van der Waals surface area contributed by atoms with Crippen LogP contribution < -0.4 is 5.73 Å². The molecule has 1 amide bonds. The van der Waals surface area contributed by atoms with Gasteiger partial charge < -0.3 is 10.6 Å². The van der Waals surface area contributed by atoms with E-state index in [1.807, 2.05) is 29.2 Å². The van der Waals surface area contributed by atoms with E-state index in [2.05, 4.69) is 6.92 Å². The second-order valence-electron chi connectivity index (χ2n) is 4.68. The summed E-state index contributed by atoms with van der Waals surface area (Å²) in [5.41, 5.74) is 7.89. The van der Waals surface area contributed by atoms with E-state index in [1.54, 1.807) is 0 Å². The number of hydrogen-bond donors (Lipinski definition) is 1. The SMILES string of the molecule is CCc1ccc(C(=O)N2CCC(N)CC2)cc1. The topological polar surface area (TPSA) is 46.3 Å². The molecule has 0 bridgehead atoms. The van der Waals surface area contributed by atoms with Gasteiger partial charge in [0.25, 0.3) is 5.91 Å². The first-order valence-corrected chi connectivity index (χ1v) is 6.34. The molecule has 2 rings (SSSR count). The van der Waals surface area contributed by atoms with Gasteiger partial charge in [-0.25, -0.2) is 0 Å². The first-order chi connectivity index (χ1) is 8.20. The summed E-state index contributed by atoms with van der Waals surface area (Å²) in [6, 6.07) is 8.18. The van der Waals surface area contributed by atoms with Crippen LogP contribution in [0.15, 0.2) is 24.3 Å². The lowest BCUT2D eigenvalue weighted by atomic mass is 10.0. The van der Waals surface area contributed by atoms with Crippen molar-refractivity contribution in [2.24, 2.45) is 5.73 Å². The Bertz CT molecular complexity index is 378. The number of nitrogens with zero attached hydrogens (tertiary/aromatic N) is 1. The summed E-state index contributed by atoms with van der Waals surface area (Å²) in [6.07, 6.45) is 2.84. The van der Waals surface area contributed by atoms with Gasteiger partial charge in [0, 0.05) is 24.7 Å². The molecular formula is C14H20N2O. The lowest BCUT2D eigenvalue weighted by Gasteiger charge is -2.30. The third-order valence-electron chi connectivity index (χ3n) is 3.44. The van der Waals surface area contributed by atoms with Crippen molar-refractivity contribution >= 4 is 5.91 Å². The lowest BCUT2D eigenvalue weighted by Crippen LogP contribution is -2.42. The van der Waals surface area contributed by atoms with Crippen molar-refractivity contribution in [3.63, 3.8) is 0 Å². The molecule has 0 aliphatic carbocycles.